The predicted octanol–water partition coefficient (Wildman–Crippen LogP) is 6.96. The van der Waals surface area contributed by atoms with Crippen LogP contribution >= 0.6 is 11.8 Å². The molecule has 5 rings (SSSR count). The molecule has 1 N–H and O–H groups in total. The Morgan fingerprint density at radius 3 is 2.27 bits per heavy atom. The Balaban J connectivity index is 1.49. The first-order chi connectivity index (χ1) is 19.4. The molecule has 0 saturated carbocycles. The van der Waals surface area contributed by atoms with Gasteiger partial charge >= 0.3 is 0 Å². The second-order valence-electron chi connectivity index (χ2n) is 9.90. The highest BCUT2D eigenvalue weighted by atomic mass is 32.2. The summed E-state index contributed by atoms with van der Waals surface area (Å²) >= 11 is 1.62. The molecule has 1 amide bonds. The van der Waals surface area contributed by atoms with Gasteiger partial charge in [-0.3, -0.25) is 9.36 Å². The van der Waals surface area contributed by atoms with Crippen LogP contribution in [0.2, 0.25) is 0 Å². The van der Waals surface area contributed by atoms with Crippen LogP contribution < -0.4 is 5.32 Å². The minimum absolute atomic E-state index is 0.138. The summed E-state index contributed by atoms with van der Waals surface area (Å²) in [6, 6.07) is 32.3. The van der Waals surface area contributed by atoms with Crippen molar-refractivity contribution >= 4 is 17.7 Å². The number of rotatable bonds is 10. The Hall–Kier alpha value is -4.23. The molecule has 0 saturated heterocycles. The number of aromatic nitrogens is 3. The van der Waals surface area contributed by atoms with Crippen LogP contribution in [0.4, 0.5) is 4.39 Å². The zero-order valence-corrected chi connectivity index (χ0v) is 23.4. The van der Waals surface area contributed by atoms with E-state index < -0.39 is 6.04 Å². The first kappa shape index (κ1) is 27.3. The number of carbonyl (C=O) groups is 1. The van der Waals surface area contributed by atoms with E-state index in [-0.39, 0.29) is 18.1 Å². The van der Waals surface area contributed by atoms with Crippen molar-refractivity contribution in [2.75, 3.05) is 0 Å². The summed E-state index contributed by atoms with van der Waals surface area (Å²) in [5, 5.41) is 13.2. The van der Waals surface area contributed by atoms with Crippen LogP contribution in [0.3, 0.4) is 0 Å². The van der Waals surface area contributed by atoms with E-state index in [2.05, 4.69) is 77.9 Å². The van der Waals surface area contributed by atoms with E-state index >= 15 is 0 Å². The van der Waals surface area contributed by atoms with E-state index in [0.29, 0.717) is 12.2 Å². The number of nitrogens with one attached hydrogen (secondary N) is 1. The Bertz CT molecular complexity index is 1570. The van der Waals surface area contributed by atoms with Crippen LogP contribution in [-0.4, -0.2) is 20.7 Å². The molecule has 1 atom stereocenters. The lowest BCUT2D eigenvalue weighted by Crippen LogP contribution is -2.33. The molecule has 0 aliphatic carbocycles. The number of halogens is 1. The van der Waals surface area contributed by atoms with E-state index in [1.54, 1.807) is 23.9 Å². The van der Waals surface area contributed by atoms with Crippen LogP contribution in [0.15, 0.2) is 108 Å². The molecule has 1 unspecified atom stereocenters. The van der Waals surface area contributed by atoms with E-state index in [4.69, 9.17) is 0 Å². The molecule has 5 nitrogen and oxygen atoms in total. The van der Waals surface area contributed by atoms with Crippen molar-refractivity contribution in [3.8, 4) is 5.69 Å². The molecule has 0 radical (unpaired) electrons. The van der Waals surface area contributed by atoms with E-state index in [1.165, 1.54) is 23.3 Å². The van der Waals surface area contributed by atoms with Crippen LogP contribution in [0.1, 0.15) is 39.7 Å². The van der Waals surface area contributed by atoms with Crippen LogP contribution in [0.25, 0.3) is 5.69 Å². The zero-order chi connectivity index (χ0) is 27.9. The number of amides is 1. The minimum Gasteiger partial charge on any atom is -0.345 e. The second kappa shape index (κ2) is 12.7. The molecule has 1 heterocycles. The van der Waals surface area contributed by atoms with Gasteiger partial charge in [0.15, 0.2) is 11.0 Å². The molecule has 202 valence electrons. The summed E-state index contributed by atoms with van der Waals surface area (Å²) in [5.41, 5.74) is 6.32. The summed E-state index contributed by atoms with van der Waals surface area (Å²) in [7, 11) is 0. The fourth-order valence-corrected chi connectivity index (χ4v) is 5.48. The van der Waals surface area contributed by atoms with Crippen molar-refractivity contribution in [3.05, 3.63) is 143 Å². The number of aryl methyl sites for hydroxylation is 2. The normalized spacial score (nSPS) is 11.8. The van der Waals surface area contributed by atoms with E-state index in [9.17, 15) is 9.18 Å². The first-order valence-corrected chi connectivity index (χ1v) is 14.2. The highest BCUT2D eigenvalue weighted by Crippen LogP contribution is 2.29. The van der Waals surface area contributed by atoms with Crippen molar-refractivity contribution < 1.29 is 9.18 Å². The average Bonchev–Trinajstić information content (AvgIpc) is 3.38. The quantitative estimate of drug-likeness (QED) is 0.191. The van der Waals surface area contributed by atoms with Gasteiger partial charge in [-0.25, -0.2) is 4.39 Å². The van der Waals surface area contributed by atoms with Gasteiger partial charge in [0, 0.05) is 11.4 Å². The molecule has 0 bridgehead atoms. The Morgan fingerprint density at radius 2 is 1.55 bits per heavy atom. The van der Waals surface area contributed by atoms with Crippen molar-refractivity contribution in [1.82, 2.24) is 20.1 Å². The average molecular weight is 551 g/mol. The Morgan fingerprint density at radius 1 is 0.825 bits per heavy atom. The number of nitrogens with zero attached hydrogens (tertiary/aromatic N) is 3. The number of benzene rings is 4. The zero-order valence-electron chi connectivity index (χ0n) is 22.5. The molecule has 4 aromatic carbocycles. The van der Waals surface area contributed by atoms with Crippen LogP contribution in [0.5, 0.6) is 0 Å². The third-order valence-electron chi connectivity index (χ3n) is 6.61. The molecule has 0 spiro atoms. The predicted molar refractivity (Wildman–Crippen MR) is 158 cm³/mol. The number of carbonyl (C=O) groups excluding carboxylic acids is 1. The molecule has 0 fully saturated rings. The highest BCUT2D eigenvalue weighted by Gasteiger charge is 2.25. The van der Waals surface area contributed by atoms with Gasteiger partial charge < -0.3 is 5.32 Å². The lowest BCUT2D eigenvalue weighted by molar-refractivity contribution is -0.121. The standard InChI is InChI=1S/C33H31FN4OS/c1-23-11-17-29(18-12-23)38-32(36-37-33(38)40-22-27-10-6-7-24(2)19-27)30(20-25-8-4-3-5-9-25)35-31(39)21-26-13-15-28(34)16-14-26/h3-19,30H,20-22H2,1-2H3,(H,35,39). The smallest absolute Gasteiger partial charge is 0.225 e. The maximum atomic E-state index is 13.4. The summed E-state index contributed by atoms with van der Waals surface area (Å²) in [5.74, 6) is 0.909. The largest absolute Gasteiger partial charge is 0.345 e. The number of hydrogen-bond donors (Lipinski definition) is 1. The molecular weight excluding hydrogens is 519 g/mol. The molecule has 0 aliphatic rings. The number of hydrogen-bond acceptors (Lipinski definition) is 4. The molecule has 1 aromatic heterocycles. The van der Waals surface area contributed by atoms with Crippen molar-refractivity contribution in [3.63, 3.8) is 0 Å². The van der Waals surface area contributed by atoms with Crippen LogP contribution in [0, 0.1) is 19.7 Å². The number of thioether (sulfide) groups is 1. The lowest BCUT2D eigenvalue weighted by atomic mass is 10.0. The summed E-state index contributed by atoms with van der Waals surface area (Å²) < 4.78 is 15.4. The summed E-state index contributed by atoms with van der Waals surface area (Å²) in [4.78, 5) is 13.2. The van der Waals surface area contributed by atoms with Gasteiger partial charge in [0.25, 0.3) is 0 Å². The lowest BCUT2D eigenvalue weighted by Gasteiger charge is -2.20. The molecule has 7 heteroatoms. The van der Waals surface area contributed by atoms with Crippen LogP contribution in [-0.2, 0) is 23.4 Å². The van der Waals surface area contributed by atoms with Crippen molar-refractivity contribution in [2.24, 2.45) is 0 Å². The maximum absolute atomic E-state index is 13.4. The van der Waals surface area contributed by atoms with Gasteiger partial charge in [-0.2, -0.15) is 0 Å². The van der Waals surface area contributed by atoms with Gasteiger partial charge in [0.1, 0.15) is 5.82 Å². The van der Waals surface area contributed by atoms with Gasteiger partial charge in [-0.1, -0.05) is 102 Å². The fraction of sp³-hybridized carbons (Fsp3) is 0.182. The Kier molecular flexibility index (Phi) is 8.71. The first-order valence-electron chi connectivity index (χ1n) is 13.2. The van der Waals surface area contributed by atoms with E-state index in [0.717, 1.165) is 33.3 Å². The highest BCUT2D eigenvalue weighted by molar-refractivity contribution is 7.98. The van der Waals surface area contributed by atoms with Crippen molar-refractivity contribution in [1.29, 1.82) is 0 Å². The maximum Gasteiger partial charge on any atom is 0.225 e. The summed E-state index contributed by atoms with van der Waals surface area (Å²) in [6.07, 6.45) is 0.682. The third-order valence-corrected chi connectivity index (χ3v) is 7.61. The molecule has 5 aromatic rings. The molecule has 40 heavy (non-hydrogen) atoms. The molecular formula is C33H31FN4OS. The van der Waals surface area contributed by atoms with Gasteiger partial charge in [-0.05, 0) is 61.2 Å². The third kappa shape index (κ3) is 7.04. The minimum atomic E-state index is -0.433. The van der Waals surface area contributed by atoms with Crippen molar-refractivity contribution in [2.45, 2.75) is 43.6 Å². The second-order valence-corrected chi connectivity index (χ2v) is 10.8. The summed E-state index contributed by atoms with van der Waals surface area (Å²) in [6.45, 7) is 4.14. The Labute approximate surface area is 238 Å². The monoisotopic (exact) mass is 550 g/mol. The van der Waals surface area contributed by atoms with Gasteiger partial charge in [0.05, 0.1) is 12.5 Å². The molecule has 0 aliphatic heterocycles. The SMILES string of the molecule is Cc1ccc(-n2c(SCc3cccc(C)c3)nnc2C(Cc2ccccc2)NC(=O)Cc2ccc(F)cc2)cc1. The van der Waals surface area contributed by atoms with Gasteiger partial charge in [-0.15, -0.1) is 10.2 Å². The van der Waals surface area contributed by atoms with E-state index in [1.807, 2.05) is 34.9 Å². The topological polar surface area (TPSA) is 59.8 Å². The fourth-order valence-electron chi connectivity index (χ4n) is 4.58. The van der Waals surface area contributed by atoms with Gasteiger partial charge in [0.2, 0.25) is 5.91 Å².